The summed E-state index contributed by atoms with van der Waals surface area (Å²) in [4.78, 5) is 8.66. The van der Waals surface area contributed by atoms with Crippen molar-refractivity contribution in [3.63, 3.8) is 0 Å². The number of sulfone groups is 1. The molecule has 2 aromatic heterocycles. The lowest BCUT2D eigenvalue weighted by atomic mass is 10.2. The van der Waals surface area contributed by atoms with Gasteiger partial charge in [0, 0.05) is 19.3 Å². The highest BCUT2D eigenvalue weighted by atomic mass is 32.2. The summed E-state index contributed by atoms with van der Waals surface area (Å²) in [6.45, 7) is 0.563. The Morgan fingerprint density at radius 3 is 3.05 bits per heavy atom. The minimum atomic E-state index is -2.84. The summed E-state index contributed by atoms with van der Waals surface area (Å²) in [5.41, 5.74) is 1.71. The lowest BCUT2D eigenvalue weighted by Gasteiger charge is -2.10. The molecule has 0 amide bonds. The minimum Gasteiger partial charge on any atom is -0.329 e. The van der Waals surface area contributed by atoms with E-state index in [1.807, 2.05) is 23.7 Å². The molecule has 0 aromatic carbocycles. The number of nitrogens with zero attached hydrogens (tertiary/aromatic N) is 3. The van der Waals surface area contributed by atoms with Gasteiger partial charge in [-0.15, -0.1) is 0 Å². The highest BCUT2D eigenvalue weighted by molar-refractivity contribution is 7.91. The number of nitrogens with one attached hydrogen (secondary N) is 1. The second kappa shape index (κ2) is 4.57. The van der Waals surface area contributed by atoms with E-state index >= 15 is 0 Å². The number of aromatic nitrogens is 3. The molecular weight excluding hydrogens is 264 g/mol. The molecule has 3 rings (SSSR count). The maximum absolute atomic E-state index is 11.4. The topological polar surface area (TPSA) is 76.9 Å². The minimum absolute atomic E-state index is 0.0396. The SMILES string of the molecule is Cn1c(CNC2CCS(=O)(=O)C2)nc2ncccc21. The molecule has 0 bridgehead atoms. The molecule has 7 heteroatoms. The van der Waals surface area contributed by atoms with E-state index in [1.54, 1.807) is 6.20 Å². The molecule has 1 fully saturated rings. The van der Waals surface area contributed by atoms with E-state index in [1.165, 1.54) is 0 Å². The van der Waals surface area contributed by atoms with E-state index in [-0.39, 0.29) is 17.5 Å². The van der Waals surface area contributed by atoms with Crippen LogP contribution in [0, 0.1) is 0 Å². The van der Waals surface area contributed by atoms with Gasteiger partial charge in [0.2, 0.25) is 0 Å². The number of fused-ring (bicyclic) bond motifs is 1. The molecule has 0 spiro atoms. The zero-order valence-corrected chi connectivity index (χ0v) is 11.5. The number of hydrogen-bond donors (Lipinski definition) is 1. The molecule has 1 saturated heterocycles. The van der Waals surface area contributed by atoms with Gasteiger partial charge in [0.1, 0.15) is 5.82 Å². The Labute approximate surface area is 111 Å². The second-order valence-electron chi connectivity index (χ2n) is 4.91. The van der Waals surface area contributed by atoms with Gasteiger partial charge in [-0.3, -0.25) is 0 Å². The number of aryl methyl sites for hydroxylation is 1. The molecule has 0 radical (unpaired) electrons. The average molecular weight is 280 g/mol. The lowest BCUT2D eigenvalue weighted by Crippen LogP contribution is -2.30. The van der Waals surface area contributed by atoms with Crippen molar-refractivity contribution in [2.75, 3.05) is 11.5 Å². The van der Waals surface area contributed by atoms with Crippen LogP contribution in [0.15, 0.2) is 18.3 Å². The first-order valence-electron chi connectivity index (χ1n) is 6.25. The van der Waals surface area contributed by atoms with Crippen molar-refractivity contribution in [2.45, 2.75) is 19.0 Å². The Morgan fingerprint density at radius 1 is 1.53 bits per heavy atom. The Kier molecular flexibility index (Phi) is 3.02. The molecule has 102 valence electrons. The van der Waals surface area contributed by atoms with Gasteiger partial charge in [-0.2, -0.15) is 0 Å². The van der Waals surface area contributed by atoms with Crippen LogP contribution in [0.1, 0.15) is 12.2 Å². The molecule has 1 N–H and O–H groups in total. The molecule has 3 heterocycles. The first kappa shape index (κ1) is 12.6. The lowest BCUT2D eigenvalue weighted by molar-refractivity contribution is 0.535. The maximum atomic E-state index is 11.4. The molecule has 0 saturated carbocycles. The van der Waals surface area contributed by atoms with Gasteiger partial charge in [0.25, 0.3) is 0 Å². The van der Waals surface area contributed by atoms with E-state index in [2.05, 4.69) is 15.3 Å². The van der Waals surface area contributed by atoms with Crippen LogP contribution in [0.25, 0.3) is 11.2 Å². The summed E-state index contributed by atoms with van der Waals surface area (Å²) in [7, 11) is -0.893. The normalized spacial score (nSPS) is 22.1. The molecule has 1 aliphatic rings. The largest absolute Gasteiger partial charge is 0.329 e. The molecule has 1 aliphatic heterocycles. The van der Waals surface area contributed by atoms with Crippen molar-refractivity contribution in [2.24, 2.45) is 7.05 Å². The molecule has 1 atom stereocenters. The highest BCUT2D eigenvalue weighted by Crippen LogP contribution is 2.14. The van der Waals surface area contributed by atoms with E-state index in [9.17, 15) is 8.42 Å². The molecule has 2 aromatic rings. The molecule has 19 heavy (non-hydrogen) atoms. The Balaban J connectivity index is 1.74. The summed E-state index contributed by atoms with van der Waals surface area (Å²) in [6, 6.07) is 3.89. The summed E-state index contributed by atoms with van der Waals surface area (Å²) in [6.07, 6.45) is 2.40. The van der Waals surface area contributed by atoms with Gasteiger partial charge >= 0.3 is 0 Å². The van der Waals surface area contributed by atoms with Crippen LogP contribution < -0.4 is 5.32 Å². The number of pyridine rings is 1. The van der Waals surface area contributed by atoms with Crippen LogP contribution >= 0.6 is 0 Å². The van der Waals surface area contributed by atoms with E-state index < -0.39 is 9.84 Å². The van der Waals surface area contributed by atoms with Gasteiger partial charge in [0.05, 0.1) is 23.6 Å². The fourth-order valence-corrected chi connectivity index (χ4v) is 4.13. The van der Waals surface area contributed by atoms with Gasteiger partial charge < -0.3 is 9.88 Å². The Bertz CT molecular complexity index is 708. The summed E-state index contributed by atoms with van der Waals surface area (Å²) in [5, 5.41) is 3.27. The first-order valence-corrected chi connectivity index (χ1v) is 8.07. The van der Waals surface area contributed by atoms with Gasteiger partial charge in [-0.05, 0) is 18.6 Å². The smallest absolute Gasteiger partial charge is 0.177 e. The van der Waals surface area contributed by atoms with Crippen LogP contribution in [-0.4, -0.2) is 40.5 Å². The summed E-state index contributed by atoms with van der Waals surface area (Å²) in [5.74, 6) is 1.39. The van der Waals surface area contributed by atoms with Crippen molar-refractivity contribution < 1.29 is 8.42 Å². The third-order valence-electron chi connectivity index (χ3n) is 3.53. The average Bonchev–Trinajstić information content (AvgIpc) is 2.88. The van der Waals surface area contributed by atoms with E-state index in [0.29, 0.717) is 13.0 Å². The number of rotatable bonds is 3. The van der Waals surface area contributed by atoms with Gasteiger partial charge in [-0.1, -0.05) is 0 Å². The van der Waals surface area contributed by atoms with Crippen LogP contribution in [0.4, 0.5) is 0 Å². The van der Waals surface area contributed by atoms with Crippen molar-refractivity contribution in [3.8, 4) is 0 Å². The summed E-state index contributed by atoms with van der Waals surface area (Å²) >= 11 is 0. The van der Waals surface area contributed by atoms with E-state index in [4.69, 9.17) is 0 Å². The molecule has 6 nitrogen and oxygen atoms in total. The fraction of sp³-hybridized carbons (Fsp3) is 0.500. The molecular formula is C12H16N4O2S. The zero-order chi connectivity index (χ0) is 13.5. The van der Waals surface area contributed by atoms with E-state index in [0.717, 1.165) is 17.0 Å². The van der Waals surface area contributed by atoms with Crippen molar-refractivity contribution in [3.05, 3.63) is 24.2 Å². The Morgan fingerprint density at radius 2 is 2.37 bits per heavy atom. The standard InChI is InChI=1S/C12H16N4O2S/c1-16-10-3-2-5-13-12(10)15-11(16)7-14-9-4-6-19(17,18)8-9/h2-3,5,9,14H,4,6-8H2,1H3. The quantitative estimate of drug-likeness (QED) is 0.872. The van der Waals surface area contributed by atoms with Crippen molar-refractivity contribution in [1.82, 2.24) is 19.9 Å². The van der Waals surface area contributed by atoms with Gasteiger partial charge in [0.15, 0.2) is 15.5 Å². The second-order valence-corrected chi connectivity index (χ2v) is 7.14. The van der Waals surface area contributed by atoms with Crippen LogP contribution in [0.3, 0.4) is 0 Å². The monoisotopic (exact) mass is 280 g/mol. The van der Waals surface area contributed by atoms with Crippen molar-refractivity contribution in [1.29, 1.82) is 0 Å². The van der Waals surface area contributed by atoms with Crippen LogP contribution in [0.2, 0.25) is 0 Å². The molecule has 1 unspecified atom stereocenters. The zero-order valence-electron chi connectivity index (χ0n) is 10.7. The van der Waals surface area contributed by atoms with Gasteiger partial charge in [-0.25, -0.2) is 18.4 Å². The predicted octanol–water partition coefficient (Wildman–Crippen LogP) is 0.245. The van der Waals surface area contributed by atoms with Crippen molar-refractivity contribution >= 4 is 21.0 Å². The number of imidazole rings is 1. The third kappa shape index (κ3) is 2.48. The highest BCUT2D eigenvalue weighted by Gasteiger charge is 2.27. The Hall–Kier alpha value is -1.47. The third-order valence-corrected chi connectivity index (χ3v) is 5.30. The van der Waals surface area contributed by atoms with Crippen LogP contribution in [0.5, 0.6) is 0 Å². The summed E-state index contributed by atoms with van der Waals surface area (Å²) < 4.78 is 24.8. The predicted molar refractivity (Wildman–Crippen MR) is 72.4 cm³/mol. The fourth-order valence-electron chi connectivity index (χ4n) is 2.42. The number of hydrogen-bond acceptors (Lipinski definition) is 5. The van der Waals surface area contributed by atoms with Crippen LogP contribution in [-0.2, 0) is 23.4 Å². The maximum Gasteiger partial charge on any atom is 0.177 e. The molecule has 0 aliphatic carbocycles. The first-order chi connectivity index (χ1) is 9.05.